The molecule has 135 valence electrons. The van der Waals surface area contributed by atoms with Crippen molar-refractivity contribution in [1.29, 1.82) is 0 Å². The summed E-state index contributed by atoms with van der Waals surface area (Å²) >= 11 is 0. The molecule has 2 N–H and O–H groups in total. The number of amides is 1. The topological polar surface area (TPSA) is 92.4 Å². The van der Waals surface area contributed by atoms with Crippen LogP contribution in [0, 0.1) is 5.92 Å². The van der Waals surface area contributed by atoms with Crippen molar-refractivity contribution in [2.24, 2.45) is 11.7 Å². The zero-order valence-corrected chi connectivity index (χ0v) is 14.9. The van der Waals surface area contributed by atoms with Gasteiger partial charge in [-0.15, -0.1) is 0 Å². The van der Waals surface area contributed by atoms with Gasteiger partial charge in [0.1, 0.15) is 12.6 Å². The average molecular weight is 338 g/mol. The van der Waals surface area contributed by atoms with E-state index in [2.05, 4.69) is 0 Å². The molecule has 6 heteroatoms. The van der Waals surface area contributed by atoms with Crippen molar-refractivity contribution in [3.05, 3.63) is 0 Å². The molecule has 1 aliphatic carbocycles. The molecule has 2 aliphatic rings. The summed E-state index contributed by atoms with van der Waals surface area (Å²) in [6.07, 6.45) is 6.79. The zero-order valence-electron chi connectivity index (χ0n) is 14.9. The lowest BCUT2D eigenvalue weighted by atomic mass is 9.80. The van der Waals surface area contributed by atoms with E-state index in [9.17, 15) is 14.4 Å². The number of ketones is 1. The van der Waals surface area contributed by atoms with Crippen LogP contribution in [0.3, 0.4) is 0 Å². The molecule has 1 heterocycles. The Balaban J connectivity index is 2.37. The van der Waals surface area contributed by atoms with Crippen LogP contribution in [0.4, 0.5) is 0 Å². The lowest BCUT2D eigenvalue weighted by Crippen LogP contribution is -2.66. The molecule has 0 aromatic carbocycles. The van der Waals surface area contributed by atoms with E-state index in [1.807, 2.05) is 0 Å². The van der Waals surface area contributed by atoms with Crippen LogP contribution in [0.25, 0.3) is 0 Å². The number of esters is 1. The fourth-order valence-corrected chi connectivity index (χ4v) is 4.06. The highest BCUT2D eigenvalue weighted by Crippen LogP contribution is 2.36. The predicted molar refractivity (Wildman–Crippen MR) is 90.5 cm³/mol. The molecule has 1 saturated carbocycles. The number of likely N-dealkylation sites (tertiary alicyclic amines) is 1. The predicted octanol–water partition coefficient (Wildman–Crippen LogP) is 1.64. The fourth-order valence-electron chi connectivity index (χ4n) is 4.06. The molecule has 0 aromatic rings. The van der Waals surface area contributed by atoms with Gasteiger partial charge in [0.2, 0.25) is 5.78 Å². The van der Waals surface area contributed by atoms with Gasteiger partial charge in [-0.3, -0.25) is 4.79 Å². The van der Waals surface area contributed by atoms with Gasteiger partial charge in [0.05, 0.1) is 6.61 Å². The Morgan fingerprint density at radius 1 is 1.17 bits per heavy atom. The van der Waals surface area contributed by atoms with Gasteiger partial charge in [-0.25, -0.2) is 9.59 Å². The number of Topliss-reactive ketones (excluding diaryl/α,β-unsaturated/α-hetero) is 1. The van der Waals surface area contributed by atoms with Crippen molar-refractivity contribution in [1.82, 2.24) is 4.90 Å². The largest absolute Gasteiger partial charge is 0.461 e. The minimum atomic E-state index is -1.46. The Hall–Kier alpha value is -1.27. The van der Waals surface area contributed by atoms with Crippen molar-refractivity contribution < 1.29 is 19.1 Å². The Morgan fingerprint density at radius 2 is 1.79 bits per heavy atom. The molecule has 2 rings (SSSR count). The van der Waals surface area contributed by atoms with E-state index in [4.69, 9.17) is 10.5 Å². The van der Waals surface area contributed by atoms with Gasteiger partial charge < -0.3 is 10.5 Å². The van der Waals surface area contributed by atoms with Crippen LogP contribution in [0.15, 0.2) is 0 Å². The molecular formula is C18H30N2O4+. The van der Waals surface area contributed by atoms with Gasteiger partial charge in [0.15, 0.2) is 0 Å². The molecule has 0 unspecified atom stereocenters. The number of carbonyl (C=O) groups excluding carboxylic acids is 3. The first-order valence-corrected chi connectivity index (χ1v) is 9.23. The number of ether oxygens (including phenoxy) is 1. The van der Waals surface area contributed by atoms with Crippen LogP contribution in [-0.2, 0) is 19.1 Å². The lowest BCUT2D eigenvalue weighted by Gasteiger charge is -2.28. The second-order valence-electron chi connectivity index (χ2n) is 7.02. The molecule has 2 fully saturated rings. The van der Waals surface area contributed by atoms with E-state index in [0.29, 0.717) is 19.4 Å². The molecule has 2 atom stereocenters. The SMILES string of the molecule is CCOC(=O)[C@@]1(C(=O)C2CCCCCC2)CCC[N+]1C(=O)[C@H](C)N. The molecule has 0 bridgehead atoms. The van der Waals surface area contributed by atoms with Gasteiger partial charge in [0, 0.05) is 18.8 Å². The van der Waals surface area contributed by atoms with Gasteiger partial charge in [-0.1, -0.05) is 30.6 Å². The first-order chi connectivity index (χ1) is 11.4. The highest BCUT2D eigenvalue weighted by atomic mass is 16.5. The Morgan fingerprint density at radius 3 is 2.33 bits per heavy atom. The Labute approximate surface area is 144 Å². The van der Waals surface area contributed by atoms with Gasteiger partial charge in [-0.2, -0.15) is 0 Å². The molecule has 0 spiro atoms. The van der Waals surface area contributed by atoms with E-state index >= 15 is 0 Å². The summed E-state index contributed by atoms with van der Waals surface area (Å²) in [5.41, 5.74) is 4.30. The number of hydrogen-bond acceptors (Lipinski definition) is 5. The number of nitrogens with two attached hydrogens (primary N) is 1. The maximum absolute atomic E-state index is 13.4. The normalized spacial score (nSPS) is 27.5. The van der Waals surface area contributed by atoms with Crippen LogP contribution in [-0.4, -0.2) is 42.4 Å². The average Bonchev–Trinajstić information content (AvgIpc) is 2.82. The third-order valence-electron chi connectivity index (χ3n) is 5.28. The van der Waals surface area contributed by atoms with Crippen molar-refractivity contribution in [2.75, 3.05) is 13.2 Å². The summed E-state index contributed by atoms with van der Waals surface area (Å²) in [6, 6.07) is -0.737. The maximum Gasteiger partial charge on any atom is 0.382 e. The summed E-state index contributed by atoms with van der Waals surface area (Å²) < 4.78 is 5.24. The van der Waals surface area contributed by atoms with Crippen LogP contribution in [0.5, 0.6) is 0 Å². The zero-order chi connectivity index (χ0) is 17.7. The molecule has 1 radical (unpaired) electrons. The maximum atomic E-state index is 13.4. The summed E-state index contributed by atoms with van der Waals surface area (Å²) in [5, 5.41) is 0. The number of hydrogen-bond donors (Lipinski definition) is 1. The second-order valence-corrected chi connectivity index (χ2v) is 7.02. The molecule has 24 heavy (non-hydrogen) atoms. The Bertz CT molecular complexity index is 483. The molecule has 0 aromatic heterocycles. The van der Waals surface area contributed by atoms with Gasteiger partial charge >= 0.3 is 17.4 Å². The monoisotopic (exact) mass is 338 g/mol. The summed E-state index contributed by atoms with van der Waals surface area (Å²) in [5.74, 6) is -1.22. The number of rotatable bonds is 5. The first-order valence-electron chi connectivity index (χ1n) is 9.23. The van der Waals surface area contributed by atoms with Crippen molar-refractivity contribution >= 4 is 17.7 Å². The number of carbonyl (C=O) groups is 3. The molecule has 1 amide bonds. The minimum Gasteiger partial charge on any atom is -0.461 e. The highest BCUT2D eigenvalue weighted by Gasteiger charge is 2.67. The molecular weight excluding hydrogens is 308 g/mol. The summed E-state index contributed by atoms with van der Waals surface area (Å²) in [7, 11) is 0. The van der Waals surface area contributed by atoms with E-state index in [-0.39, 0.29) is 24.2 Å². The summed E-state index contributed by atoms with van der Waals surface area (Å²) in [4.78, 5) is 40.2. The standard InChI is InChI=1S/C18H30N2O4/c1-3-24-17(23)18(11-8-12-20(18)16(22)13(2)19)15(21)14-9-6-4-5-7-10-14/h13-14H,3-12,19H2,1-2H3/q+1/t13-,18-/m0/s1. The van der Waals surface area contributed by atoms with E-state index in [0.717, 1.165) is 38.5 Å². The number of nitrogens with zero attached hydrogens (tertiary/aromatic N) is 1. The quantitative estimate of drug-likeness (QED) is 0.356. The lowest BCUT2D eigenvalue weighted by molar-refractivity contribution is -0.162. The molecule has 6 nitrogen and oxygen atoms in total. The smallest absolute Gasteiger partial charge is 0.382 e. The van der Waals surface area contributed by atoms with Gasteiger partial charge in [0.25, 0.3) is 0 Å². The minimum absolute atomic E-state index is 0.130. The Kier molecular flexibility index (Phi) is 6.52. The van der Waals surface area contributed by atoms with Crippen LogP contribution < -0.4 is 10.6 Å². The van der Waals surface area contributed by atoms with Crippen LogP contribution in [0.1, 0.15) is 65.2 Å². The highest BCUT2D eigenvalue weighted by molar-refractivity contribution is 6.13. The van der Waals surface area contributed by atoms with Crippen LogP contribution in [0.2, 0.25) is 0 Å². The van der Waals surface area contributed by atoms with Crippen molar-refractivity contribution in [3.63, 3.8) is 0 Å². The van der Waals surface area contributed by atoms with Crippen molar-refractivity contribution in [2.45, 2.75) is 76.8 Å². The third kappa shape index (κ3) is 3.54. The first kappa shape index (κ1) is 19.1. The van der Waals surface area contributed by atoms with E-state index in [1.54, 1.807) is 13.8 Å². The van der Waals surface area contributed by atoms with E-state index < -0.39 is 17.6 Å². The molecule has 1 saturated heterocycles. The van der Waals surface area contributed by atoms with Crippen LogP contribution >= 0.6 is 0 Å². The molecule has 1 aliphatic heterocycles. The van der Waals surface area contributed by atoms with Crippen molar-refractivity contribution in [3.8, 4) is 0 Å². The van der Waals surface area contributed by atoms with Gasteiger partial charge in [-0.05, 0) is 26.7 Å². The summed E-state index contributed by atoms with van der Waals surface area (Å²) in [6.45, 7) is 3.89. The third-order valence-corrected chi connectivity index (χ3v) is 5.28. The second kappa shape index (κ2) is 8.21. The van der Waals surface area contributed by atoms with E-state index in [1.165, 1.54) is 4.90 Å². The fraction of sp³-hybridized carbons (Fsp3) is 0.833.